The number of H-pyrrole nitrogens is 1. The largest absolute Gasteiger partial charge is 0.360 e. The quantitative estimate of drug-likeness (QED) is 0.683. The molecule has 0 atom stereocenters. The van der Waals surface area contributed by atoms with E-state index in [0.29, 0.717) is 16.7 Å². The third-order valence-electron chi connectivity index (χ3n) is 3.32. The first kappa shape index (κ1) is 13.1. The lowest BCUT2D eigenvalue weighted by atomic mass is 9.99. The van der Waals surface area contributed by atoms with Crippen molar-refractivity contribution in [1.82, 2.24) is 4.98 Å². The monoisotopic (exact) mass is 331 g/mol. The summed E-state index contributed by atoms with van der Waals surface area (Å²) in [5, 5.41) is 0.863. The van der Waals surface area contributed by atoms with Crippen LogP contribution in [0.1, 0.15) is 21.5 Å². The number of aromatic nitrogens is 1. The average Bonchev–Trinajstić information content (AvgIpc) is 2.80. The molecule has 20 heavy (non-hydrogen) atoms. The van der Waals surface area contributed by atoms with Crippen LogP contribution in [0.3, 0.4) is 0 Å². The third kappa shape index (κ3) is 2.16. The van der Waals surface area contributed by atoms with Gasteiger partial charge in [0, 0.05) is 32.7 Å². The maximum Gasteiger partial charge on any atom is 0.195 e. The second kappa shape index (κ2) is 4.87. The van der Waals surface area contributed by atoms with Gasteiger partial charge in [-0.1, -0.05) is 22.0 Å². The third-order valence-corrected chi connectivity index (χ3v) is 3.81. The molecule has 4 heteroatoms. The second-order valence-electron chi connectivity index (χ2n) is 4.68. The standard InChI is InChI=1S/C16H11BrFNO/c1-9-6-11(18)3-5-12(9)16(20)14-8-19-15-7-10(17)2-4-13(14)15/h2-8,19H,1H3. The Labute approximate surface area is 123 Å². The molecule has 0 radical (unpaired) electrons. The molecule has 0 saturated heterocycles. The van der Waals surface area contributed by atoms with E-state index in [2.05, 4.69) is 20.9 Å². The van der Waals surface area contributed by atoms with Crippen LogP contribution in [0.25, 0.3) is 10.9 Å². The van der Waals surface area contributed by atoms with Gasteiger partial charge in [0.05, 0.1) is 0 Å². The molecule has 2 nitrogen and oxygen atoms in total. The number of benzene rings is 2. The number of fused-ring (bicyclic) bond motifs is 1. The van der Waals surface area contributed by atoms with Gasteiger partial charge in [-0.3, -0.25) is 4.79 Å². The minimum absolute atomic E-state index is 0.101. The van der Waals surface area contributed by atoms with Crippen LogP contribution in [0, 0.1) is 12.7 Å². The van der Waals surface area contributed by atoms with Crippen LogP contribution in [0.5, 0.6) is 0 Å². The summed E-state index contributed by atoms with van der Waals surface area (Å²) in [6, 6.07) is 9.92. The van der Waals surface area contributed by atoms with Crippen molar-refractivity contribution < 1.29 is 9.18 Å². The number of aromatic amines is 1. The minimum atomic E-state index is -0.332. The van der Waals surface area contributed by atoms with Crippen LogP contribution in [-0.2, 0) is 0 Å². The SMILES string of the molecule is Cc1cc(F)ccc1C(=O)c1c[nH]c2cc(Br)ccc12. The fourth-order valence-corrected chi connectivity index (χ4v) is 2.67. The number of carbonyl (C=O) groups excluding carboxylic acids is 1. The van der Waals surface area contributed by atoms with Gasteiger partial charge >= 0.3 is 0 Å². The maximum absolute atomic E-state index is 13.1. The first-order valence-electron chi connectivity index (χ1n) is 6.14. The molecule has 1 heterocycles. The molecule has 0 fully saturated rings. The van der Waals surface area contributed by atoms with E-state index in [1.807, 2.05) is 18.2 Å². The molecule has 1 N–H and O–H groups in total. The van der Waals surface area contributed by atoms with Crippen LogP contribution in [-0.4, -0.2) is 10.8 Å². The zero-order valence-corrected chi connectivity index (χ0v) is 12.3. The zero-order chi connectivity index (χ0) is 14.3. The zero-order valence-electron chi connectivity index (χ0n) is 10.7. The van der Waals surface area contributed by atoms with Crippen molar-refractivity contribution in [2.75, 3.05) is 0 Å². The Balaban J connectivity index is 2.13. The molecule has 0 bridgehead atoms. The lowest BCUT2D eigenvalue weighted by molar-refractivity contribution is 0.103. The molecule has 3 rings (SSSR count). The number of ketones is 1. The highest BCUT2D eigenvalue weighted by atomic mass is 79.9. The molecule has 0 unspecified atom stereocenters. The van der Waals surface area contributed by atoms with Gasteiger partial charge in [-0.25, -0.2) is 4.39 Å². The number of carbonyl (C=O) groups is 1. The predicted octanol–water partition coefficient (Wildman–Crippen LogP) is 4.61. The van der Waals surface area contributed by atoms with Crippen LogP contribution < -0.4 is 0 Å². The van der Waals surface area contributed by atoms with E-state index in [9.17, 15) is 9.18 Å². The summed E-state index contributed by atoms with van der Waals surface area (Å²) in [5.74, 6) is -0.432. The molecule has 0 spiro atoms. The van der Waals surface area contributed by atoms with Crippen molar-refractivity contribution in [3.05, 3.63) is 69.6 Å². The highest BCUT2D eigenvalue weighted by molar-refractivity contribution is 9.10. The summed E-state index contributed by atoms with van der Waals surface area (Å²) in [5.41, 5.74) is 2.65. The summed E-state index contributed by atoms with van der Waals surface area (Å²) in [4.78, 5) is 15.7. The van der Waals surface area contributed by atoms with Crippen molar-refractivity contribution in [3.63, 3.8) is 0 Å². The van der Waals surface area contributed by atoms with Crippen molar-refractivity contribution in [1.29, 1.82) is 0 Å². The molecule has 0 aliphatic carbocycles. The molecule has 2 aromatic carbocycles. The van der Waals surface area contributed by atoms with Gasteiger partial charge in [0.2, 0.25) is 0 Å². The first-order valence-corrected chi connectivity index (χ1v) is 6.93. The Morgan fingerprint density at radius 1 is 1.15 bits per heavy atom. The Hall–Kier alpha value is -1.94. The lowest BCUT2D eigenvalue weighted by Gasteiger charge is -2.04. The highest BCUT2D eigenvalue weighted by Crippen LogP contribution is 2.25. The summed E-state index contributed by atoms with van der Waals surface area (Å²) in [7, 11) is 0. The van der Waals surface area contributed by atoms with Gasteiger partial charge in [-0.05, 0) is 42.8 Å². The van der Waals surface area contributed by atoms with Gasteiger partial charge in [-0.15, -0.1) is 0 Å². The molecule has 0 aliphatic heterocycles. The first-order chi connectivity index (χ1) is 9.56. The van der Waals surface area contributed by atoms with E-state index in [4.69, 9.17) is 0 Å². The van der Waals surface area contributed by atoms with E-state index in [-0.39, 0.29) is 11.6 Å². The lowest BCUT2D eigenvalue weighted by Crippen LogP contribution is -2.03. The minimum Gasteiger partial charge on any atom is -0.360 e. The number of aryl methyl sites for hydroxylation is 1. The maximum atomic E-state index is 13.1. The van der Waals surface area contributed by atoms with Crippen molar-refractivity contribution in [2.45, 2.75) is 6.92 Å². The summed E-state index contributed by atoms with van der Waals surface area (Å²) in [6.45, 7) is 1.74. The summed E-state index contributed by atoms with van der Waals surface area (Å²) in [6.07, 6.45) is 1.70. The number of nitrogens with one attached hydrogen (secondary N) is 1. The van der Waals surface area contributed by atoms with E-state index in [1.165, 1.54) is 18.2 Å². The smallest absolute Gasteiger partial charge is 0.195 e. The van der Waals surface area contributed by atoms with Crippen LogP contribution in [0.15, 0.2) is 47.1 Å². The average molecular weight is 332 g/mol. The van der Waals surface area contributed by atoms with E-state index >= 15 is 0 Å². The topological polar surface area (TPSA) is 32.9 Å². The van der Waals surface area contributed by atoms with Gasteiger partial charge in [0.25, 0.3) is 0 Å². The molecule has 100 valence electrons. The number of hydrogen-bond acceptors (Lipinski definition) is 1. The molecule has 0 amide bonds. The fraction of sp³-hybridized carbons (Fsp3) is 0.0625. The summed E-state index contributed by atoms with van der Waals surface area (Å²) >= 11 is 3.40. The number of rotatable bonds is 2. The summed E-state index contributed by atoms with van der Waals surface area (Å²) < 4.78 is 14.1. The molecular weight excluding hydrogens is 321 g/mol. The van der Waals surface area contributed by atoms with Crippen LogP contribution in [0.4, 0.5) is 4.39 Å². The normalized spacial score (nSPS) is 10.9. The van der Waals surface area contributed by atoms with Crippen molar-refractivity contribution in [2.24, 2.45) is 0 Å². The second-order valence-corrected chi connectivity index (χ2v) is 5.60. The van der Waals surface area contributed by atoms with Gasteiger partial charge < -0.3 is 4.98 Å². The van der Waals surface area contributed by atoms with Crippen molar-refractivity contribution >= 4 is 32.6 Å². The van der Waals surface area contributed by atoms with Crippen LogP contribution in [0.2, 0.25) is 0 Å². The fourth-order valence-electron chi connectivity index (χ4n) is 2.31. The van der Waals surface area contributed by atoms with Crippen LogP contribution >= 0.6 is 15.9 Å². The van der Waals surface area contributed by atoms with E-state index in [1.54, 1.807) is 13.1 Å². The molecule has 3 aromatic rings. The Morgan fingerprint density at radius 2 is 1.95 bits per heavy atom. The van der Waals surface area contributed by atoms with E-state index < -0.39 is 0 Å². The molecule has 0 saturated carbocycles. The Kier molecular flexibility index (Phi) is 3.18. The number of hydrogen-bond donors (Lipinski definition) is 1. The molecule has 0 aliphatic rings. The number of halogens is 2. The Morgan fingerprint density at radius 3 is 2.70 bits per heavy atom. The molecular formula is C16H11BrFNO. The highest BCUT2D eigenvalue weighted by Gasteiger charge is 2.16. The van der Waals surface area contributed by atoms with Gasteiger partial charge in [0.15, 0.2) is 5.78 Å². The van der Waals surface area contributed by atoms with Crippen molar-refractivity contribution in [3.8, 4) is 0 Å². The van der Waals surface area contributed by atoms with Gasteiger partial charge in [-0.2, -0.15) is 0 Å². The Bertz CT molecular complexity index is 822. The van der Waals surface area contributed by atoms with E-state index in [0.717, 1.165) is 15.4 Å². The van der Waals surface area contributed by atoms with Gasteiger partial charge in [0.1, 0.15) is 5.82 Å². The molecule has 1 aromatic heterocycles. The predicted molar refractivity (Wildman–Crippen MR) is 80.6 cm³/mol.